The molecule has 0 aliphatic carbocycles. The van der Waals surface area contributed by atoms with Gasteiger partial charge in [0.15, 0.2) is 0 Å². The molecule has 7 heteroatoms. The first-order valence-corrected chi connectivity index (χ1v) is 7.27. The minimum atomic E-state index is -0.415. The van der Waals surface area contributed by atoms with Gasteiger partial charge in [0.25, 0.3) is 5.69 Å². The summed E-state index contributed by atoms with van der Waals surface area (Å²) < 4.78 is 0. The predicted molar refractivity (Wildman–Crippen MR) is 82.7 cm³/mol. The summed E-state index contributed by atoms with van der Waals surface area (Å²) in [5, 5.41) is 16.8. The second kappa shape index (κ2) is 5.84. The molecular weight excluding hydrogens is 288 g/mol. The van der Waals surface area contributed by atoms with Crippen LogP contribution in [0.1, 0.15) is 4.88 Å². The molecule has 1 N–H and O–H groups in total. The Kier molecular flexibility index (Phi) is 3.74. The van der Waals surface area contributed by atoms with Gasteiger partial charge in [-0.25, -0.2) is 9.97 Å². The van der Waals surface area contributed by atoms with Crippen LogP contribution < -0.4 is 5.32 Å². The Morgan fingerprint density at radius 1 is 1.29 bits per heavy atom. The Morgan fingerprint density at radius 2 is 2.19 bits per heavy atom. The molecule has 0 aliphatic heterocycles. The summed E-state index contributed by atoms with van der Waals surface area (Å²) in [5.74, 6) is 0.625. The maximum Gasteiger partial charge on any atom is 0.270 e. The zero-order valence-corrected chi connectivity index (χ0v) is 11.8. The maximum absolute atomic E-state index is 10.9. The molecule has 0 unspecified atom stereocenters. The standard InChI is InChI=1S/C14H12N4O2S/c19-18(20)10-3-4-13-12(8-10)14(17-9-16-13)15-6-5-11-2-1-7-21-11/h1-4,7-9H,5-6H2,(H,15,16,17). The van der Waals surface area contributed by atoms with Gasteiger partial charge in [0, 0.05) is 28.9 Å². The van der Waals surface area contributed by atoms with Crippen molar-refractivity contribution < 1.29 is 4.92 Å². The normalized spacial score (nSPS) is 10.7. The number of thiophene rings is 1. The number of anilines is 1. The highest BCUT2D eigenvalue weighted by molar-refractivity contribution is 7.09. The second-order valence-corrected chi connectivity index (χ2v) is 5.47. The molecule has 0 radical (unpaired) electrons. The van der Waals surface area contributed by atoms with Crippen molar-refractivity contribution in [2.24, 2.45) is 0 Å². The molecule has 21 heavy (non-hydrogen) atoms. The van der Waals surface area contributed by atoms with Crippen molar-refractivity contribution in [3.63, 3.8) is 0 Å². The van der Waals surface area contributed by atoms with E-state index in [1.807, 2.05) is 11.4 Å². The summed E-state index contributed by atoms with van der Waals surface area (Å²) in [7, 11) is 0. The molecule has 6 nitrogen and oxygen atoms in total. The van der Waals surface area contributed by atoms with Crippen LogP contribution in [0, 0.1) is 10.1 Å². The monoisotopic (exact) mass is 300 g/mol. The molecule has 0 saturated carbocycles. The Labute approximate surface area is 124 Å². The number of nitrogens with zero attached hydrogens (tertiary/aromatic N) is 3. The molecule has 1 aromatic carbocycles. The van der Waals surface area contributed by atoms with Crippen LogP contribution in [0.3, 0.4) is 0 Å². The number of nitrogens with one attached hydrogen (secondary N) is 1. The van der Waals surface area contributed by atoms with Crippen molar-refractivity contribution in [2.75, 3.05) is 11.9 Å². The van der Waals surface area contributed by atoms with Gasteiger partial charge >= 0.3 is 0 Å². The Bertz CT molecular complexity index is 774. The van der Waals surface area contributed by atoms with Crippen LogP contribution in [0.25, 0.3) is 10.9 Å². The molecule has 0 atom stereocenters. The molecule has 3 rings (SSSR count). The number of hydrogen-bond donors (Lipinski definition) is 1. The molecule has 0 amide bonds. The van der Waals surface area contributed by atoms with E-state index < -0.39 is 4.92 Å². The largest absolute Gasteiger partial charge is 0.369 e. The summed E-state index contributed by atoms with van der Waals surface area (Å²) >= 11 is 1.71. The highest BCUT2D eigenvalue weighted by Gasteiger charge is 2.10. The van der Waals surface area contributed by atoms with Crippen molar-refractivity contribution in [2.45, 2.75) is 6.42 Å². The van der Waals surface area contributed by atoms with Gasteiger partial charge in [-0.2, -0.15) is 0 Å². The first-order chi connectivity index (χ1) is 10.2. The van der Waals surface area contributed by atoms with E-state index in [0.29, 0.717) is 16.7 Å². The lowest BCUT2D eigenvalue weighted by Crippen LogP contribution is -2.06. The summed E-state index contributed by atoms with van der Waals surface area (Å²) in [6.45, 7) is 0.718. The SMILES string of the molecule is O=[N+]([O-])c1ccc2ncnc(NCCc3cccs3)c2c1. The lowest BCUT2D eigenvalue weighted by atomic mass is 10.2. The highest BCUT2D eigenvalue weighted by atomic mass is 32.1. The van der Waals surface area contributed by atoms with Gasteiger partial charge in [-0.1, -0.05) is 6.07 Å². The van der Waals surface area contributed by atoms with E-state index in [2.05, 4.69) is 21.4 Å². The second-order valence-electron chi connectivity index (χ2n) is 4.44. The number of nitro benzene ring substituents is 1. The molecule has 0 aliphatic rings. The van der Waals surface area contributed by atoms with Gasteiger partial charge in [-0.05, 0) is 23.9 Å². The fraction of sp³-hybridized carbons (Fsp3) is 0.143. The molecule has 0 spiro atoms. The molecule has 0 saturated heterocycles. The van der Waals surface area contributed by atoms with Crippen LogP contribution in [0.4, 0.5) is 11.5 Å². The fourth-order valence-corrected chi connectivity index (χ4v) is 2.77. The molecule has 0 fully saturated rings. The van der Waals surface area contributed by atoms with Crippen molar-refractivity contribution >= 4 is 33.7 Å². The Balaban J connectivity index is 1.83. The molecular formula is C14H12N4O2S. The van der Waals surface area contributed by atoms with Gasteiger partial charge in [0.05, 0.1) is 10.4 Å². The highest BCUT2D eigenvalue weighted by Crippen LogP contribution is 2.24. The number of rotatable bonds is 5. The number of nitro groups is 1. The lowest BCUT2D eigenvalue weighted by Gasteiger charge is -2.07. The third-order valence-electron chi connectivity index (χ3n) is 3.07. The number of fused-ring (bicyclic) bond motifs is 1. The summed E-state index contributed by atoms with van der Waals surface area (Å²) in [4.78, 5) is 20.1. The lowest BCUT2D eigenvalue weighted by molar-refractivity contribution is -0.384. The zero-order valence-electron chi connectivity index (χ0n) is 11.0. The average Bonchev–Trinajstić information content (AvgIpc) is 3.00. The van der Waals surface area contributed by atoms with Crippen molar-refractivity contribution in [3.8, 4) is 0 Å². The Hall–Kier alpha value is -2.54. The van der Waals surface area contributed by atoms with Crippen LogP contribution in [0.15, 0.2) is 42.0 Å². The molecule has 3 aromatic rings. The van der Waals surface area contributed by atoms with E-state index in [4.69, 9.17) is 0 Å². The zero-order chi connectivity index (χ0) is 14.7. The number of hydrogen-bond acceptors (Lipinski definition) is 6. The maximum atomic E-state index is 10.9. The van der Waals surface area contributed by atoms with Crippen molar-refractivity contribution in [3.05, 3.63) is 57.0 Å². The van der Waals surface area contributed by atoms with Crippen LogP contribution >= 0.6 is 11.3 Å². The van der Waals surface area contributed by atoms with Crippen LogP contribution in [0.5, 0.6) is 0 Å². The first-order valence-electron chi connectivity index (χ1n) is 6.39. The van der Waals surface area contributed by atoms with E-state index in [1.165, 1.54) is 23.3 Å². The Morgan fingerprint density at radius 3 is 2.95 bits per heavy atom. The van der Waals surface area contributed by atoms with E-state index in [9.17, 15) is 10.1 Å². The topological polar surface area (TPSA) is 81.0 Å². The smallest absolute Gasteiger partial charge is 0.270 e. The van der Waals surface area contributed by atoms with Gasteiger partial charge in [0.1, 0.15) is 12.1 Å². The van der Waals surface area contributed by atoms with Crippen molar-refractivity contribution in [1.29, 1.82) is 0 Å². The molecule has 2 heterocycles. The van der Waals surface area contributed by atoms with E-state index >= 15 is 0 Å². The summed E-state index contributed by atoms with van der Waals surface area (Å²) in [6.07, 6.45) is 2.35. The van der Waals surface area contributed by atoms with E-state index in [1.54, 1.807) is 17.4 Å². The molecule has 2 aromatic heterocycles. The van der Waals surface area contributed by atoms with Gasteiger partial charge < -0.3 is 5.32 Å². The minimum Gasteiger partial charge on any atom is -0.369 e. The molecule has 0 bridgehead atoms. The minimum absolute atomic E-state index is 0.0404. The quantitative estimate of drug-likeness (QED) is 0.578. The van der Waals surface area contributed by atoms with Crippen LogP contribution in [0.2, 0.25) is 0 Å². The number of non-ortho nitro benzene ring substituents is 1. The van der Waals surface area contributed by atoms with Gasteiger partial charge in [-0.15, -0.1) is 11.3 Å². The summed E-state index contributed by atoms with van der Waals surface area (Å²) in [6, 6.07) is 8.69. The van der Waals surface area contributed by atoms with E-state index in [0.717, 1.165) is 13.0 Å². The van der Waals surface area contributed by atoms with E-state index in [-0.39, 0.29) is 5.69 Å². The summed E-state index contributed by atoms with van der Waals surface area (Å²) in [5.41, 5.74) is 0.729. The third-order valence-corrected chi connectivity index (χ3v) is 4.01. The average molecular weight is 300 g/mol. The number of benzene rings is 1. The fourth-order valence-electron chi connectivity index (χ4n) is 2.06. The van der Waals surface area contributed by atoms with Crippen molar-refractivity contribution in [1.82, 2.24) is 9.97 Å². The number of aromatic nitrogens is 2. The first kappa shape index (κ1) is 13.4. The predicted octanol–water partition coefficient (Wildman–Crippen LogP) is 3.25. The van der Waals surface area contributed by atoms with Crippen LogP contribution in [-0.2, 0) is 6.42 Å². The molecule has 106 valence electrons. The van der Waals surface area contributed by atoms with Gasteiger partial charge in [-0.3, -0.25) is 10.1 Å². The van der Waals surface area contributed by atoms with Gasteiger partial charge in [0.2, 0.25) is 0 Å². The van der Waals surface area contributed by atoms with Crippen LogP contribution in [-0.4, -0.2) is 21.4 Å². The third kappa shape index (κ3) is 2.97.